The number of cyclic esters (lactones) is 1. The lowest BCUT2D eigenvalue weighted by Crippen LogP contribution is -2.52. The second kappa shape index (κ2) is 16.0. The Labute approximate surface area is 219 Å². The van der Waals surface area contributed by atoms with Crippen molar-refractivity contribution in [3.05, 3.63) is 71.5 Å². The van der Waals surface area contributed by atoms with Gasteiger partial charge in [-0.1, -0.05) is 80.5 Å². The molecule has 0 aliphatic carbocycles. The summed E-state index contributed by atoms with van der Waals surface area (Å²) in [4.78, 5) is 36.4. The molecular formula is C28H39ClN2O5. The fourth-order valence-corrected chi connectivity index (χ4v) is 3.25. The number of aliphatic hydroxyl groups is 1. The van der Waals surface area contributed by atoms with Crippen molar-refractivity contribution >= 4 is 29.4 Å². The van der Waals surface area contributed by atoms with Crippen molar-refractivity contribution in [2.75, 3.05) is 0 Å². The van der Waals surface area contributed by atoms with Gasteiger partial charge in [0.15, 0.2) is 0 Å². The van der Waals surface area contributed by atoms with E-state index in [1.807, 2.05) is 45.9 Å². The third-order valence-electron chi connectivity index (χ3n) is 5.19. The third-order valence-corrected chi connectivity index (χ3v) is 5.35. The van der Waals surface area contributed by atoms with Crippen LogP contribution in [-0.2, 0) is 19.1 Å². The standard InChI is InChI=1S/C28H39ClN2O5/c1-20(15-18-23-12-8-14-25(34)36-23)10-6-7-13-24(33)31-26(28(3,4)5)27(35)30-19-9-11-22(32)17-16-21(2)29/h6-10,13-16,19,22-23,26,32H,11-12,17-18H2,1-5H3,(H,30,35)(H,31,33)/b10-6-,13-7-,19-9-,20-15+,21-16+. The van der Waals surface area contributed by atoms with Crippen molar-refractivity contribution in [3.63, 3.8) is 0 Å². The molecular weight excluding hydrogens is 480 g/mol. The number of carbonyl (C=O) groups excluding carboxylic acids is 3. The Hall–Kier alpha value is -2.90. The zero-order valence-electron chi connectivity index (χ0n) is 21.8. The zero-order chi connectivity index (χ0) is 27.1. The second-order valence-electron chi connectivity index (χ2n) is 9.73. The Balaban J connectivity index is 2.56. The van der Waals surface area contributed by atoms with Crippen LogP contribution in [0, 0.1) is 5.41 Å². The molecule has 3 atom stereocenters. The summed E-state index contributed by atoms with van der Waals surface area (Å²) < 4.78 is 5.22. The fraction of sp³-hybridized carbons (Fsp3) is 0.464. The van der Waals surface area contributed by atoms with Crippen LogP contribution in [0.1, 0.15) is 60.3 Å². The number of aliphatic hydroxyl groups excluding tert-OH is 1. The first-order valence-electron chi connectivity index (χ1n) is 12.0. The minimum atomic E-state index is -0.760. The minimum Gasteiger partial charge on any atom is -0.459 e. The number of carbonyl (C=O) groups is 3. The Morgan fingerprint density at radius 3 is 2.53 bits per heavy atom. The molecule has 198 valence electrons. The molecule has 0 bridgehead atoms. The molecule has 0 saturated carbocycles. The summed E-state index contributed by atoms with van der Waals surface area (Å²) in [6, 6.07) is -0.760. The number of amides is 2. The van der Waals surface area contributed by atoms with Crippen LogP contribution in [0.3, 0.4) is 0 Å². The van der Waals surface area contributed by atoms with E-state index in [1.165, 1.54) is 18.4 Å². The Bertz CT molecular complexity index is 934. The van der Waals surface area contributed by atoms with E-state index in [0.717, 1.165) is 5.57 Å². The molecule has 1 rings (SSSR count). The summed E-state index contributed by atoms with van der Waals surface area (Å²) in [7, 11) is 0. The van der Waals surface area contributed by atoms with E-state index in [4.69, 9.17) is 16.3 Å². The summed E-state index contributed by atoms with van der Waals surface area (Å²) in [5, 5.41) is 15.9. The van der Waals surface area contributed by atoms with E-state index in [-0.39, 0.29) is 23.9 Å². The average molecular weight is 519 g/mol. The number of halogens is 1. The lowest BCUT2D eigenvalue weighted by molar-refractivity contribution is -0.143. The molecule has 0 fully saturated rings. The third kappa shape index (κ3) is 13.9. The Morgan fingerprint density at radius 1 is 1.19 bits per heavy atom. The summed E-state index contributed by atoms with van der Waals surface area (Å²) in [5.41, 5.74) is 0.458. The van der Waals surface area contributed by atoms with Gasteiger partial charge in [0.05, 0.1) is 6.10 Å². The molecule has 0 aromatic heterocycles. The van der Waals surface area contributed by atoms with Gasteiger partial charge in [-0.2, -0.15) is 0 Å². The smallest absolute Gasteiger partial charge is 0.330 e. The van der Waals surface area contributed by atoms with Crippen LogP contribution in [0.5, 0.6) is 0 Å². The largest absolute Gasteiger partial charge is 0.459 e. The molecule has 3 unspecified atom stereocenters. The van der Waals surface area contributed by atoms with E-state index in [0.29, 0.717) is 30.7 Å². The van der Waals surface area contributed by atoms with Crippen LogP contribution in [0.4, 0.5) is 0 Å². The van der Waals surface area contributed by atoms with Gasteiger partial charge in [0, 0.05) is 30.0 Å². The number of hydrogen-bond donors (Lipinski definition) is 3. The SMILES string of the molecule is C/C(Cl)=C\CC(O)C/C=C\NC(=O)C(NC(=O)\C=C/C=C\C(C)=C\CC1CC=CC(=O)O1)C(C)(C)C. The summed E-state index contributed by atoms with van der Waals surface area (Å²) in [6.07, 6.45) is 18.0. The van der Waals surface area contributed by atoms with Gasteiger partial charge in [-0.25, -0.2) is 4.79 Å². The van der Waals surface area contributed by atoms with Gasteiger partial charge in [-0.05, 0) is 38.3 Å². The van der Waals surface area contributed by atoms with Crippen LogP contribution in [-0.4, -0.2) is 41.1 Å². The first-order chi connectivity index (χ1) is 16.9. The summed E-state index contributed by atoms with van der Waals surface area (Å²) in [6.45, 7) is 9.26. The van der Waals surface area contributed by atoms with Crippen LogP contribution in [0.15, 0.2) is 71.5 Å². The second-order valence-corrected chi connectivity index (χ2v) is 10.3. The number of allylic oxidation sites excluding steroid dienone is 5. The van der Waals surface area contributed by atoms with Gasteiger partial charge in [0.1, 0.15) is 12.1 Å². The number of ether oxygens (including phenoxy) is 1. The van der Waals surface area contributed by atoms with Crippen molar-refractivity contribution < 1.29 is 24.2 Å². The van der Waals surface area contributed by atoms with Crippen LogP contribution in [0.2, 0.25) is 0 Å². The minimum absolute atomic E-state index is 0.148. The number of hydrogen-bond acceptors (Lipinski definition) is 5. The predicted molar refractivity (Wildman–Crippen MR) is 144 cm³/mol. The normalized spacial score (nSPS) is 19.1. The van der Waals surface area contributed by atoms with E-state index in [1.54, 1.807) is 31.2 Å². The molecule has 8 heteroatoms. The highest BCUT2D eigenvalue weighted by atomic mass is 35.5. The molecule has 1 heterocycles. The van der Waals surface area contributed by atoms with Crippen LogP contribution in [0.25, 0.3) is 0 Å². The molecule has 1 aliphatic heterocycles. The van der Waals surface area contributed by atoms with E-state index < -0.39 is 17.6 Å². The number of rotatable bonds is 12. The van der Waals surface area contributed by atoms with Crippen LogP contribution < -0.4 is 10.6 Å². The fourth-order valence-electron chi connectivity index (χ4n) is 3.16. The molecule has 0 saturated heterocycles. The maximum absolute atomic E-state index is 12.7. The highest BCUT2D eigenvalue weighted by molar-refractivity contribution is 6.29. The Morgan fingerprint density at radius 2 is 1.89 bits per heavy atom. The van der Waals surface area contributed by atoms with Crippen molar-refractivity contribution in [2.24, 2.45) is 5.41 Å². The lowest BCUT2D eigenvalue weighted by Gasteiger charge is -2.29. The summed E-state index contributed by atoms with van der Waals surface area (Å²) in [5.74, 6) is -1.05. The average Bonchev–Trinajstić information content (AvgIpc) is 2.79. The lowest BCUT2D eigenvalue weighted by atomic mass is 9.86. The molecule has 0 radical (unpaired) electrons. The van der Waals surface area contributed by atoms with Gasteiger partial charge in [-0.15, -0.1) is 0 Å². The van der Waals surface area contributed by atoms with Crippen molar-refractivity contribution in [3.8, 4) is 0 Å². The number of nitrogens with one attached hydrogen (secondary N) is 2. The van der Waals surface area contributed by atoms with Crippen LogP contribution >= 0.6 is 11.6 Å². The first kappa shape index (κ1) is 31.1. The van der Waals surface area contributed by atoms with E-state index in [9.17, 15) is 19.5 Å². The first-order valence-corrected chi connectivity index (χ1v) is 12.4. The topological polar surface area (TPSA) is 105 Å². The van der Waals surface area contributed by atoms with Gasteiger partial charge < -0.3 is 20.5 Å². The maximum Gasteiger partial charge on any atom is 0.330 e. The van der Waals surface area contributed by atoms with Gasteiger partial charge >= 0.3 is 5.97 Å². The van der Waals surface area contributed by atoms with Crippen molar-refractivity contribution in [1.82, 2.24) is 10.6 Å². The molecule has 7 nitrogen and oxygen atoms in total. The summed E-state index contributed by atoms with van der Waals surface area (Å²) >= 11 is 5.76. The van der Waals surface area contributed by atoms with Gasteiger partial charge in [0.25, 0.3) is 0 Å². The zero-order valence-corrected chi connectivity index (χ0v) is 22.5. The van der Waals surface area contributed by atoms with E-state index >= 15 is 0 Å². The van der Waals surface area contributed by atoms with E-state index in [2.05, 4.69) is 10.6 Å². The number of esters is 1. The molecule has 2 amide bonds. The molecule has 36 heavy (non-hydrogen) atoms. The highest BCUT2D eigenvalue weighted by Gasteiger charge is 2.31. The molecule has 0 aromatic rings. The van der Waals surface area contributed by atoms with Gasteiger partial charge in [-0.3, -0.25) is 9.59 Å². The monoisotopic (exact) mass is 518 g/mol. The Kier molecular flexibility index (Phi) is 13.8. The molecule has 3 N–H and O–H groups in total. The predicted octanol–water partition coefficient (Wildman–Crippen LogP) is 4.75. The molecule has 1 aliphatic rings. The quantitative estimate of drug-likeness (QED) is 0.196. The molecule has 0 aromatic carbocycles. The van der Waals surface area contributed by atoms with Gasteiger partial charge in [0.2, 0.25) is 11.8 Å². The van der Waals surface area contributed by atoms with Crippen molar-refractivity contribution in [2.45, 2.75) is 78.6 Å². The molecule has 0 spiro atoms. The highest BCUT2D eigenvalue weighted by Crippen LogP contribution is 2.19. The maximum atomic E-state index is 12.7. The van der Waals surface area contributed by atoms with Crippen molar-refractivity contribution in [1.29, 1.82) is 0 Å².